The van der Waals surface area contributed by atoms with E-state index in [9.17, 15) is 13.5 Å². The van der Waals surface area contributed by atoms with E-state index in [0.717, 1.165) is 21.6 Å². The van der Waals surface area contributed by atoms with Crippen LogP contribution in [0.1, 0.15) is 22.8 Å². The molecule has 0 radical (unpaired) electrons. The molecule has 3 rings (SSSR count). The molecule has 0 spiro atoms. The van der Waals surface area contributed by atoms with Gasteiger partial charge >= 0.3 is 0 Å². The van der Waals surface area contributed by atoms with Crippen LogP contribution in [0.15, 0.2) is 82.6 Å². The molecule has 3 aromatic rings. The maximum atomic E-state index is 12.8. The lowest BCUT2D eigenvalue weighted by Crippen LogP contribution is -2.14. The van der Waals surface area contributed by atoms with Crippen molar-refractivity contribution in [3.8, 4) is 0 Å². The standard InChI is InChI=1S/C22H23NO3S2/c1-16-12-13-19(14-17(16)2)28(25,26)23-20-10-6-7-11-22(20)27-15-21(24)18-8-4-3-5-9-18/h3-14,21,23-24H,15H2,1-2H3/t21-/m0/s1. The fourth-order valence-corrected chi connectivity index (χ4v) is 4.91. The third kappa shape index (κ3) is 4.95. The molecule has 0 bridgehead atoms. The Balaban J connectivity index is 1.77. The maximum absolute atomic E-state index is 12.8. The predicted octanol–water partition coefficient (Wildman–Crippen LogP) is 4.93. The molecule has 146 valence electrons. The highest BCUT2D eigenvalue weighted by Crippen LogP contribution is 2.32. The zero-order valence-corrected chi connectivity index (χ0v) is 17.4. The van der Waals surface area contributed by atoms with Gasteiger partial charge < -0.3 is 5.11 Å². The molecule has 0 saturated carbocycles. The first-order chi connectivity index (χ1) is 13.4. The van der Waals surface area contributed by atoms with Gasteiger partial charge in [-0.2, -0.15) is 0 Å². The second kappa shape index (κ2) is 8.82. The van der Waals surface area contributed by atoms with Gasteiger partial charge in [0.25, 0.3) is 10.0 Å². The molecule has 0 saturated heterocycles. The van der Waals surface area contributed by atoms with E-state index < -0.39 is 16.1 Å². The first-order valence-corrected chi connectivity index (χ1v) is 11.4. The number of aryl methyl sites for hydroxylation is 2. The van der Waals surface area contributed by atoms with Crippen molar-refractivity contribution >= 4 is 27.5 Å². The molecule has 0 aliphatic carbocycles. The maximum Gasteiger partial charge on any atom is 0.261 e. The van der Waals surface area contributed by atoms with Crippen LogP contribution in [0.4, 0.5) is 5.69 Å². The summed E-state index contributed by atoms with van der Waals surface area (Å²) in [5.41, 5.74) is 3.32. The average Bonchev–Trinajstić information content (AvgIpc) is 2.69. The average molecular weight is 414 g/mol. The van der Waals surface area contributed by atoms with Gasteiger partial charge in [0.2, 0.25) is 0 Å². The van der Waals surface area contributed by atoms with Crippen LogP contribution in [0, 0.1) is 13.8 Å². The van der Waals surface area contributed by atoms with Crippen LogP contribution in [0.2, 0.25) is 0 Å². The Morgan fingerprint density at radius 3 is 2.32 bits per heavy atom. The number of anilines is 1. The van der Waals surface area contributed by atoms with Crippen LogP contribution in [-0.4, -0.2) is 19.3 Å². The van der Waals surface area contributed by atoms with Crippen molar-refractivity contribution in [2.75, 3.05) is 10.5 Å². The van der Waals surface area contributed by atoms with E-state index in [2.05, 4.69) is 4.72 Å². The molecule has 0 fully saturated rings. The molecular weight excluding hydrogens is 390 g/mol. The number of rotatable bonds is 7. The minimum absolute atomic E-state index is 0.236. The lowest BCUT2D eigenvalue weighted by atomic mass is 10.1. The zero-order chi connectivity index (χ0) is 20.1. The van der Waals surface area contributed by atoms with Gasteiger partial charge in [-0.15, -0.1) is 11.8 Å². The summed E-state index contributed by atoms with van der Waals surface area (Å²) in [6, 6.07) is 21.7. The van der Waals surface area contributed by atoms with Gasteiger partial charge in [0.1, 0.15) is 0 Å². The van der Waals surface area contributed by atoms with Gasteiger partial charge in [0.15, 0.2) is 0 Å². The summed E-state index contributed by atoms with van der Waals surface area (Å²) in [6.45, 7) is 3.84. The molecule has 6 heteroatoms. The minimum atomic E-state index is -3.69. The van der Waals surface area contributed by atoms with Crippen molar-refractivity contribution in [3.05, 3.63) is 89.5 Å². The third-order valence-corrected chi connectivity index (χ3v) is 7.01. The molecule has 0 aromatic heterocycles. The van der Waals surface area contributed by atoms with Crippen molar-refractivity contribution in [1.82, 2.24) is 0 Å². The molecule has 3 aromatic carbocycles. The SMILES string of the molecule is Cc1ccc(S(=O)(=O)Nc2ccccc2SC[C@H](O)c2ccccc2)cc1C. The highest BCUT2D eigenvalue weighted by Gasteiger charge is 2.17. The van der Waals surface area contributed by atoms with Gasteiger partial charge in [-0.3, -0.25) is 4.72 Å². The van der Waals surface area contributed by atoms with E-state index in [0.29, 0.717) is 11.4 Å². The number of para-hydroxylation sites is 1. The topological polar surface area (TPSA) is 66.4 Å². The van der Waals surface area contributed by atoms with Crippen LogP contribution in [0.25, 0.3) is 0 Å². The third-order valence-electron chi connectivity index (χ3n) is 4.50. The minimum Gasteiger partial charge on any atom is -0.388 e. The second-order valence-electron chi connectivity index (χ2n) is 6.59. The number of hydrogen-bond acceptors (Lipinski definition) is 4. The first kappa shape index (κ1) is 20.5. The van der Waals surface area contributed by atoms with Crippen molar-refractivity contribution in [1.29, 1.82) is 0 Å². The fraction of sp³-hybridized carbons (Fsp3) is 0.182. The summed E-state index contributed by atoms with van der Waals surface area (Å²) in [7, 11) is -3.69. The van der Waals surface area contributed by atoms with Crippen LogP contribution < -0.4 is 4.72 Å². The second-order valence-corrected chi connectivity index (χ2v) is 9.33. The Morgan fingerprint density at radius 1 is 0.929 bits per heavy atom. The number of hydrogen-bond donors (Lipinski definition) is 2. The Hall–Kier alpha value is -2.28. The van der Waals surface area contributed by atoms with Crippen molar-refractivity contribution in [2.45, 2.75) is 29.7 Å². The van der Waals surface area contributed by atoms with Gasteiger partial charge in [0.05, 0.1) is 16.7 Å². The van der Waals surface area contributed by atoms with Crippen LogP contribution in [0.3, 0.4) is 0 Å². The predicted molar refractivity (Wildman–Crippen MR) is 115 cm³/mol. The Labute approximate surface area is 170 Å². The molecule has 28 heavy (non-hydrogen) atoms. The van der Waals surface area contributed by atoms with Gasteiger partial charge in [0, 0.05) is 10.6 Å². The molecule has 1 atom stereocenters. The van der Waals surface area contributed by atoms with Crippen molar-refractivity contribution in [2.24, 2.45) is 0 Å². The summed E-state index contributed by atoms with van der Waals surface area (Å²) >= 11 is 1.41. The lowest BCUT2D eigenvalue weighted by molar-refractivity contribution is 0.204. The lowest BCUT2D eigenvalue weighted by Gasteiger charge is -2.15. The molecule has 0 heterocycles. The number of nitrogens with one attached hydrogen (secondary N) is 1. The number of aliphatic hydroxyl groups excluding tert-OH is 1. The normalized spacial score (nSPS) is 12.5. The van der Waals surface area contributed by atoms with E-state index in [1.807, 2.05) is 56.3 Å². The summed E-state index contributed by atoms with van der Waals surface area (Å²) in [5.74, 6) is 0.423. The van der Waals surface area contributed by atoms with Gasteiger partial charge in [-0.1, -0.05) is 48.5 Å². The monoisotopic (exact) mass is 413 g/mol. The number of sulfonamides is 1. The van der Waals surface area contributed by atoms with E-state index >= 15 is 0 Å². The van der Waals surface area contributed by atoms with Gasteiger partial charge in [-0.05, 0) is 54.8 Å². The summed E-state index contributed by atoms with van der Waals surface area (Å²) in [6.07, 6.45) is -0.629. The van der Waals surface area contributed by atoms with E-state index in [4.69, 9.17) is 0 Å². The van der Waals surface area contributed by atoms with Crippen LogP contribution in [0.5, 0.6) is 0 Å². The Bertz CT molecular complexity index is 1050. The summed E-state index contributed by atoms with van der Waals surface area (Å²) in [5, 5.41) is 10.4. The Morgan fingerprint density at radius 2 is 1.61 bits per heavy atom. The van der Waals surface area contributed by atoms with Crippen molar-refractivity contribution in [3.63, 3.8) is 0 Å². The molecule has 4 nitrogen and oxygen atoms in total. The van der Waals surface area contributed by atoms with E-state index in [-0.39, 0.29) is 4.90 Å². The highest BCUT2D eigenvalue weighted by atomic mass is 32.2. The molecule has 0 amide bonds. The van der Waals surface area contributed by atoms with Crippen LogP contribution in [-0.2, 0) is 10.0 Å². The Kier molecular flexibility index (Phi) is 6.44. The van der Waals surface area contributed by atoms with Crippen LogP contribution >= 0.6 is 11.8 Å². The summed E-state index contributed by atoms with van der Waals surface area (Å²) in [4.78, 5) is 1.00. The molecule has 0 aliphatic heterocycles. The number of aliphatic hydroxyl groups is 1. The van der Waals surface area contributed by atoms with Gasteiger partial charge in [-0.25, -0.2) is 8.42 Å². The summed E-state index contributed by atoms with van der Waals surface area (Å²) < 4.78 is 28.3. The quantitative estimate of drug-likeness (QED) is 0.539. The zero-order valence-electron chi connectivity index (χ0n) is 15.8. The molecule has 0 unspecified atom stereocenters. The van der Waals surface area contributed by atoms with E-state index in [1.165, 1.54) is 11.8 Å². The molecule has 2 N–H and O–H groups in total. The largest absolute Gasteiger partial charge is 0.388 e. The fourth-order valence-electron chi connectivity index (χ4n) is 2.70. The smallest absolute Gasteiger partial charge is 0.261 e. The van der Waals surface area contributed by atoms with E-state index in [1.54, 1.807) is 30.3 Å². The van der Waals surface area contributed by atoms with Crippen molar-refractivity contribution < 1.29 is 13.5 Å². The number of benzene rings is 3. The molecular formula is C22H23NO3S2. The number of thioether (sulfide) groups is 1. The highest BCUT2D eigenvalue weighted by molar-refractivity contribution is 7.99. The first-order valence-electron chi connectivity index (χ1n) is 8.92. The molecule has 0 aliphatic rings.